The van der Waals surface area contributed by atoms with E-state index in [4.69, 9.17) is 0 Å². The zero-order valence-electron chi connectivity index (χ0n) is 8.94. The predicted molar refractivity (Wildman–Crippen MR) is 47.5 cm³/mol. The summed E-state index contributed by atoms with van der Waals surface area (Å²) < 4.78 is 0. The summed E-state index contributed by atoms with van der Waals surface area (Å²) in [6.07, 6.45) is 1.73. The van der Waals surface area contributed by atoms with Gasteiger partial charge in [-0.05, 0) is 83.7 Å². The molecule has 14 atom stereocenters. The SMILES string of the molecule is CC1C2C13C21C32C13C21C24C56C78CC7C85C62C341. The third-order valence-corrected chi connectivity index (χ3v) is 14.0. The maximum absolute atomic E-state index is 2.59. The zero-order valence-corrected chi connectivity index (χ0v) is 8.94. The Morgan fingerprint density at radius 3 is 2.31 bits per heavy atom. The maximum Gasteiger partial charge on any atom is -0.0000264 e. The van der Waals surface area contributed by atoms with Crippen LogP contribution < -0.4 is 0 Å². The Labute approximate surface area is 91.1 Å². The Bertz CT molecular complexity index is 936. The molecule has 0 saturated heterocycles. The normalized spacial score (nSPS) is 154. The van der Waals surface area contributed by atoms with E-state index < -0.39 is 0 Å². The van der Waals surface area contributed by atoms with Gasteiger partial charge in [-0.25, -0.2) is 0 Å². The molecule has 13 fully saturated rings. The number of rotatable bonds is 0. The average molecular weight is 200 g/mol. The molecule has 13 aliphatic carbocycles. The van der Waals surface area contributed by atoms with Gasteiger partial charge in [0.25, 0.3) is 0 Å². The zero-order chi connectivity index (χ0) is 8.94. The lowest BCUT2D eigenvalue weighted by Gasteiger charge is -2.15. The fourth-order valence-corrected chi connectivity index (χ4v) is 16.2. The molecule has 0 aromatic carbocycles. The van der Waals surface area contributed by atoms with Crippen LogP contribution in [0.15, 0.2) is 0 Å². The van der Waals surface area contributed by atoms with Crippen LogP contribution in [0.4, 0.5) is 0 Å². The quantitative estimate of drug-likeness (QED) is 0.552. The molecule has 14 unspecified atom stereocenters. The highest BCUT2D eigenvalue weighted by molar-refractivity contribution is 6.27. The van der Waals surface area contributed by atoms with Crippen molar-refractivity contribution in [2.45, 2.75) is 13.3 Å². The predicted octanol–water partition coefficient (Wildman–Crippen LogP) is 1.27. The lowest BCUT2D eigenvalue weighted by molar-refractivity contribution is 0.289. The van der Waals surface area contributed by atoms with Crippen LogP contribution in [0.1, 0.15) is 13.3 Å². The summed E-state index contributed by atoms with van der Waals surface area (Å²) in [5.74, 6) is 3.94. The van der Waals surface area contributed by atoms with Crippen LogP contribution >= 0.6 is 0 Å². The summed E-state index contributed by atoms with van der Waals surface area (Å²) in [5.41, 5.74) is 13.0. The van der Waals surface area contributed by atoms with Crippen molar-refractivity contribution in [1.82, 2.24) is 0 Å². The average Bonchev–Trinajstić information content (AvgIpc) is 2.81. The third kappa shape index (κ3) is 0.0699. The van der Waals surface area contributed by atoms with E-state index in [0.29, 0.717) is 0 Å². The molecule has 0 aliphatic heterocycles. The van der Waals surface area contributed by atoms with Crippen LogP contribution in [-0.2, 0) is 0 Å². The Morgan fingerprint density at radius 1 is 0.812 bits per heavy atom. The summed E-state index contributed by atoms with van der Waals surface area (Å²) >= 11 is 0. The van der Waals surface area contributed by atoms with Gasteiger partial charge in [0.2, 0.25) is 0 Å². The molecule has 13 aliphatic rings. The van der Waals surface area contributed by atoms with E-state index in [1.165, 1.54) is 66.5 Å². The first-order valence-electron chi connectivity index (χ1n) is 7.87. The topological polar surface area (TPSA) is 0 Å². The molecule has 16 heavy (non-hydrogen) atoms. The highest BCUT2D eigenvalue weighted by Crippen LogP contribution is 3.83. The van der Waals surface area contributed by atoms with Gasteiger partial charge in [0.05, 0.1) is 0 Å². The fraction of sp³-hybridized carbons (Fsp3) is 1.00. The van der Waals surface area contributed by atoms with Gasteiger partial charge in [-0.3, -0.25) is 0 Å². The lowest BCUT2D eigenvalue weighted by Crippen LogP contribution is -2.14. The standard InChI is InChI=1S/C16H8/c1-3-5-7(3)9(5)11(7)13(9)15(11)14-10-6-2-4(6)8(6,10)12(10,14)16(13,14)15/h3-5H,2H2,1H3. The minimum absolute atomic E-state index is 1.12. The van der Waals surface area contributed by atoms with Crippen molar-refractivity contribution in [2.24, 2.45) is 77.3 Å². The van der Waals surface area contributed by atoms with Crippen LogP contribution in [0.2, 0.25) is 0 Å². The minimum atomic E-state index is 1.12. The Kier molecular flexibility index (Phi) is 0.146. The van der Waals surface area contributed by atoms with Crippen molar-refractivity contribution in [2.75, 3.05) is 0 Å². The summed E-state index contributed by atoms with van der Waals surface area (Å²) in [6.45, 7) is 2.59. The molecule has 0 aromatic rings. The van der Waals surface area contributed by atoms with Gasteiger partial charge in [-0.15, -0.1) is 0 Å². The van der Waals surface area contributed by atoms with Gasteiger partial charge < -0.3 is 0 Å². The van der Waals surface area contributed by atoms with E-state index in [-0.39, 0.29) is 0 Å². The smallest absolute Gasteiger partial charge is 0.0000264 e. The first-order valence-corrected chi connectivity index (χ1v) is 7.87. The second-order valence-electron chi connectivity index (χ2n) is 10.7. The van der Waals surface area contributed by atoms with Crippen LogP contribution in [-0.4, -0.2) is 0 Å². The second kappa shape index (κ2) is 0.509. The van der Waals surface area contributed by atoms with E-state index >= 15 is 0 Å². The van der Waals surface area contributed by atoms with Gasteiger partial charge in [0, 0.05) is 0 Å². The largest absolute Gasteiger partial charge is 0.0616 e. The third-order valence-electron chi connectivity index (χ3n) is 14.0. The molecule has 72 valence electrons. The molecule has 0 heterocycles. The molecule has 0 heteroatoms. The Balaban J connectivity index is 1.28. The molecule has 0 N–H and O–H groups in total. The maximum atomic E-state index is 2.59. The van der Waals surface area contributed by atoms with E-state index in [1.54, 1.807) is 6.42 Å². The van der Waals surface area contributed by atoms with Crippen LogP contribution in [0, 0.1) is 77.3 Å². The monoisotopic (exact) mass is 200 g/mol. The summed E-state index contributed by atoms with van der Waals surface area (Å²) in [6, 6.07) is 0. The highest BCUT2D eigenvalue weighted by atomic mass is 15.8. The van der Waals surface area contributed by atoms with Crippen molar-refractivity contribution in [3.63, 3.8) is 0 Å². The molecular weight excluding hydrogens is 192 g/mol. The lowest BCUT2D eigenvalue weighted by atomic mass is 9.87. The first-order chi connectivity index (χ1) is 7.87. The second-order valence-corrected chi connectivity index (χ2v) is 10.7. The fourth-order valence-electron chi connectivity index (χ4n) is 16.2. The van der Waals surface area contributed by atoms with Crippen molar-refractivity contribution >= 4 is 0 Å². The van der Waals surface area contributed by atoms with E-state index in [0.717, 1.165) is 10.8 Å². The molecule has 13 rings (SSSR count). The molecule has 0 nitrogen and oxygen atoms in total. The minimum Gasteiger partial charge on any atom is -0.0616 e. The van der Waals surface area contributed by atoms with E-state index in [1.807, 2.05) is 0 Å². The van der Waals surface area contributed by atoms with Crippen molar-refractivity contribution in [3.05, 3.63) is 0 Å². The van der Waals surface area contributed by atoms with Crippen molar-refractivity contribution in [3.8, 4) is 0 Å². The van der Waals surface area contributed by atoms with Crippen LogP contribution in [0.25, 0.3) is 0 Å². The molecule has 0 aromatic heterocycles. The van der Waals surface area contributed by atoms with Gasteiger partial charge in [-0.2, -0.15) is 0 Å². The van der Waals surface area contributed by atoms with E-state index in [9.17, 15) is 0 Å². The van der Waals surface area contributed by atoms with Gasteiger partial charge >= 0.3 is 0 Å². The summed E-state index contributed by atoms with van der Waals surface area (Å²) in [5, 5.41) is 0. The van der Waals surface area contributed by atoms with Gasteiger partial charge in [0.15, 0.2) is 0 Å². The summed E-state index contributed by atoms with van der Waals surface area (Å²) in [4.78, 5) is 0. The van der Waals surface area contributed by atoms with Crippen molar-refractivity contribution in [1.29, 1.82) is 0 Å². The Hall–Kier alpha value is 0. The van der Waals surface area contributed by atoms with E-state index in [2.05, 4.69) is 6.92 Å². The van der Waals surface area contributed by atoms with Crippen molar-refractivity contribution < 1.29 is 0 Å². The molecular formula is C16H8. The number of hydrogen-bond acceptors (Lipinski definition) is 0. The van der Waals surface area contributed by atoms with Crippen LogP contribution in [0.3, 0.4) is 0 Å². The molecule has 13 saturated carbocycles. The molecule has 0 amide bonds. The van der Waals surface area contributed by atoms with Gasteiger partial charge in [0.1, 0.15) is 0 Å². The van der Waals surface area contributed by atoms with Crippen LogP contribution in [0.5, 0.6) is 0 Å². The molecule has 11 spiro atoms. The highest BCUT2D eigenvalue weighted by Gasteiger charge is 3.83. The van der Waals surface area contributed by atoms with Gasteiger partial charge in [-0.1, -0.05) is 6.92 Å². The molecule has 0 radical (unpaired) electrons. The molecule has 0 bridgehead atoms. The first kappa shape index (κ1) is 4.59. The summed E-state index contributed by atoms with van der Waals surface area (Å²) in [7, 11) is 0. The Morgan fingerprint density at radius 2 is 1.56 bits per heavy atom. The number of hydrogen-bond donors (Lipinski definition) is 0.